The van der Waals surface area contributed by atoms with E-state index >= 15 is 0 Å². The molecule has 5 rings (SSSR count). The highest BCUT2D eigenvalue weighted by atomic mass is 16.2. The van der Waals surface area contributed by atoms with Gasteiger partial charge in [-0.15, -0.1) is 0 Å². The first-order valence-electron chi connectivity index (χ1n) is 13.5. The highest BCUT2D eigenvalue weighted by Gasteiger charge is 2.29. The average Bonchev–Trinajstić information content (AvgIpc) is 3.19. The lowest BCUT2D eigenvalue weighted by atomic mass is 9.90. The molecule has 3 aromatic carbocycles. The Balaban J connectivity index is 1.39. The number of carbonyl (C=O) groups is 1. The van der Waals surface area contributed by atoms with Crippen LogP contribution < -0.4 is 4.90 Å². The second kappa shape index (κ2) is 11.6. The highest BCUT2D eigenvalue weighted by molar-refractivity contribution is 5.87. The van der Waals surface area contributed by atoms with Crippen molar-refractivity contribution in [2.75, 3.05) is 31.1 Å². The van der Waals surface area contributed by atoms with Crippen LogP contribution in [0.4, 0.5) is 5.82 Å². The number of hydrogen-bond acceptors (Lipinski definition) is 4. The first-order chi connectivity index (χ1) is 18.5. The summed E-state index contributed by atoms with van der Waals surface area (Å²) in [7, 11) is 0. The molecule has 2 heterocycles. The number of anilines is 1. The maximum Gasteiger partial charge on any atom is 0.234 e. The first kappa shape index (κ1) is 25.7. The topological polar surface area (TPSA) is 49.3 Å². The summed E-state index contributed by atoms with van der Waals surface area (Å²) in [6.07, 6.45) is 1.69. The van der Waals surface area contributed by atoms with E-state index in [2.05, 4.69) is 67.3 Å². The third kappa shape index (κ3) is 5.77. The van der Waals surface area contributed by atoms with E-state index in [0.29, 0.717) is 6.54 Å². The lowest BCUT2D eigenvalue weighted by molar-refractivity contribution is -0.131. The molecule has 0 unspecified atom stereocenters. The molecule has 1 aliphatic heterocycles. The number of aromatic nitrogens is 2. The van der Waals surface area contributed by atoms with E-state index < -0.39 is 0 Å². The monoisotopic (exact) mass is 504 g/mol. The van der Waals surface area contributed by atoms with Crippen molar-refractivity contribution in [3.8, 4) is 0 Å². The number of rotatable bonds is 6. The molecular weight excluding hydrogens is 468 g/mol. The van der Waals surface area contributed by atoms with E-state index in [0.717, 1.165) is 60.9 Å². The van der Waals surface area contributed by atoms with Crippen LogP contribution in [0, 0.1) is 20.8 Å². The summed E-state index contributed by atoms with van der Waals surface area (Å²) < 4.78 is 0. The molecule has 0 atom stereocenters. The Morgan fingerprint density at radius 1 is 0.763 bits per heavy atom. The van der Waals surface area contributed by atoms with Gasteiger partial charge in [-0.1, -0.05) is 90.5 Å². The van der Waals surface area contributed by atoms with Gasteiger partial charge >= 0.3 is 0 Å². The fourth-order valence-electron chi connectivity index (χ4n) is 5.40. The normalized spacial score (nSPS) is 14.0. The summed E-state index contributed by atoms with van der Waals surface area (Å²) in [5.74, 6) is 1.66. The SMILES string of the molecule is Cc1ccc(Cc2c(C)nc(C)nc2N2CCCN(C(=O)C(c3ccccc3)c3ccccc3)CC2)cc1. The second-order valence-electron chi connectivity index (χ2n) is 10.2. The number of nitrogens with zero attached hydrogens (tertiary/aromatic N) is 4. The summed E-state index contributed by atoms with van der Waals surface area (Å²) in [4.78, 5) is 28.0. The van der Waals surface area contributed by atoms with Gasteiger partial charge in [0.15, 0.2) is 0 Å². The summed E-state index contributed by atoms with van der Waals surface area (Å²) in [6, 6.07) is 29.0. The van der Waals surface area contributed by atoms with Gasteiger partial charge in [0.1, 0.15) is 11.6 Å². The van der Waals surface area contributed by atoms with E-state index in [1.807, 2.05) is 48.2 Å². The van der Waals surface area contributed by atoms with Crippen molar-refractivity contribution in [3.63, 3.8) is 0 Å². The molecule has 1 saturated heterocycles. The van der Waals surface area contributed by atoms with Gasteiger partial charge in [-0.05, 0) is 43.9 Å². The van der Waals surface area contributed by atoms with Crippen molar-refractivity contribution in [3.05, 3.63) is 124 Å². The van der Waals surface area contributed by atoms with Gasteiger partial charge in [-0.25, -0.2) is 9.97 Å². The van der Waals surface area contributed by atoms with E-state index in [1.165, 1.54) is 16.7 Å². The first-order valence-corrected chi connectivity index (χ1v) is 13.5. The molecule has 38 heavy (non-hydrogen) atoms. The van der Waals surface area contributed by atoms with E-state index in [9.17, 15) is 4.79 Å². The van der Waals surface area contributed by atoms with Crippen LogP contribution in [0.1, 0.15) is 51.7 Å². The van der Waals surface area contributed by atoms with Gasteiger partial charge in [-0.2, -0.15) is 0 Å². The average molecular weight is 505 g/mol. The second-order valence-corrected chi connectivity index (χ2v) is 10.2. The molecule has 5 nitrogen and oxygen atoms in total. The lowest BCUT2D eigenvalue weighted by Crippen LogP contribution is -2.39. The number of benzene rings is 3. The molecule has 0 radical (unpaired) electrons. The number of aryl methyl sites for hydroxylation is 3. The Morgan fingerprint density at radius 2 is 1.39 bits per heavy atom. The van der Waals surface area contributed by atoms with Gasteiger partial charge in [0.25, 0.3) is 0 Å². The Kier molecular flexibility index (Phi) is 7.83. The summed E-state index contributed by atoms with van der Waals surface area (Å²) >= 11 is 0. The Labute approximate surface area is 226 Å². The number of hydrogen-bond donors (Lipinski definition) is 0. The van der Waals surface area contributed by atoms with Crippen molar-refractivity contribution < 1.29 is 4.79 Å². The smallest absolute Gasteiger partial charge is 0.234 e. The maximum atomic E-state index is 14.0. The van der Waals surface area contributed by atoms with Crippen LogP contribution >= 0.6 is 0 Å². The van der Waals surface area contributed by atoms with Gasteiger partial charge in [0.05, 0.1) is 5.92 Å². The van der Waals surface area contributed by atoms with Crippen LogP contribution in [0.5, 0.6) is 0 Å². The molecule has 0 aliphatic carbocycles. The highest BCUT2D eigenvalue weighted by Crippen LogP contribution is 2.29. The van der Waals surface area contributed by atoms with Gasteiger partial charge in [-0.3, -0.25) is 4.79 Å². The standard InChI is InChI=1S/C33H36N4O/c1-24-15-17-27(18-16-24)23-30-25(2)34-26(3)35-32(30)36-19-10-20-37(22-21-36)33(38)31(28-11-6-4-7-12-28)29-13-8-5-9-14-29/h4-9,11-18,31H,10,19-23H2,1-3H3. The molecule has 0 spiro atoms. The Bertz CT molecular complexity index is 1330. The molecule has 1 aromatic heterocycles. The summed E-state index contributed by atoms with van der Waals surface area (Å²) in [6.45, 7) is 9.17. The summed E-state index contributed by atoms with van der Waals surface area (Å²) in [5.41, 5.74) is 6.78. The van der Waals surface area contributed by atoms with Crippen LogP contribution in [0.2, 0.25) is 0 Å². The van der Waals surface area contributed by atoms with Crippen molar-refractivity contribution in [1.82, 2.24) is 14.9 Å². The van der Waals surface area contributed by atoms with Gasteiger partial charge < -0.3 is 9.80 Å². The zero-order valence-electron chi connectivity index (χ0n) is 22.6. The molecule has 1 fully saturated rings. The Hall–Kier alpha value is -3.99. The van der Waals surface area contributed by atoms with E-state index in [4.69, 9.17) is 9.97 Å². The van der Waals surface area contributed by atoms with Crippen LogP contribution in [0.15, 0.2) is 84.9 Å². The van der Waals surface area contributed by atoms with Gasteiger partial charge in [0, 0.05) is 43.9 Å². The minimum atomic E-state index is -0.301. The number of carbonyl (C=O) groups excluding carboxylic acids is 1. The van der Waals surface area contributed by atoms with Crippen molar-refractivity contribution in [1.29, 1.82) is 0 Å². The third-order valence-electron chi connectivity index (χ3n) is 7.43. The van der Waals surface area contributed by atoms with Crippen LogP contribution in [0.25, 0.3) is 0 Å². The van der Waals surface area contributed by atoms with Gasteiger partial charge in [0.2, 0.25) is 5.91 Å². The third-order valence-corrected chi connectivity index (χ3v) is 7.43. The largest absolute Gasteiger partial charge is 0.354 e. The molecule has 0 saturated carbocycles. The molecule has 194 valence electrons. The molecule has 1 aliphatic rings. The quantitative estimate of drug-likeness (QED) is 0.330. The zero-order chi connectivity index (χ0) is 26.5. The van der Waals surface area contributed by atoms with Crippen molar-refractivity contribution in [2.24, 2.45) is 0 Å². The molecule has 1 amide bonds. The van der Waals surface area contributed by atoms with Crippen molar-refractivity contribution in [2.45, 2.75) is 39.5 Å². The minimum Gasteiger partial charge on any atom is -0.354 e. The molecule has 0 N–H and O–H groups in total. The zero-order valence-corrected chi connectivity index (χ0v) is 22.6. The number of amides is 1. The Morgan fingerprint density at radius 3 is 2.03 bits per heavy atom. The van der Waals surface area contributed by atoms with Crippen molar-refractivity contribution >= 4 is 11.7 Å². The fourth-order valence-corrected chi connectivity index (χ4v) is 5.40. The molecule has 0 bridgehead atoms. The fraction of sp³-hybridized carbons (Fsp3) is 0.303. The molecular formula is C33H36N4O. The molecule has 5 heteroatoms. The van der Waals surface area contributed by atoms with Crippen LogP contribution in [-0.4, -0.2) is 47.0 Å². The minimum absolute atomic E-state index is 0.166. The predicted octanol–water partition coefficient (Wildman–Crippen LogP) is 5.86. The van der Waals surface area contributed by atoms with E-state index in [-0.39, 0.29) is 11.8 Å². The summed E-state index contributed by atoms with van der Waals surface area (Å²) in [5, 5.41) is 0. The predicted molar refractivity (Wildman–Crippen MR) is 154 cm³/mol. The molecule has 4 aromatic rings. The lowest BCUT2D eigenvalue weighted by Gasteiger charge is -2.28. The maximum absolute atomic E-state index is 14.0. The van der Waals surface area contributed by atoms with E-state index in [1.54, 1.807) is 0 Å². The van der Waals surface area contributed by atoms with Crippen LogP contribution in [-0.2, 0) is 11.2 Å². The van der Waals surface area contributed by atoms with Crippen LogP contribution in [0.3, 0.4) is 0 Å².